The number of hydrogen-bond donors (Lipinski definition) is 0. The van der Waals surface area contributed by atoms with Crippen molar-refractivity contribution in [3.63, 3.8) is 0 Å². The molecule has 0 bridgehead atoms. The molecule has 2 aromatic heterocycles. The topological polar surface area (TPSA) is 52.8 Å². The molecule has 2 saturated heterocycles. The van der Waals surface area contributed by atoms with Gasteiger partial charge in [-0.3, -0.25) is 4.90 Å². The standard InChI is InChI=1S/C19H31N7.C2H6/c1-15(2)24-12-10-23(11-13-24)14-17-6-8-25(9-7-17)19-5-4-18-21-20-16(3)26(18)22-19;1-2/h4-5,15,17H,6-14H2,1-3H3;1-2H3. The van der Waals surface area contributed by atoms with Crippen LogP contribution in [0.2, 0.25) is 0 Å². The average Bonchev–Trinajstić information content (AvgIpc) is 3.11. The van der Waals surface area contributed by atoms with Gasteiger partial charge < -0.3 is 9.80 Å². The highest BCUT2D eigenvalue weighted by atomic mass is 15.4. The van der Waals surface area contributed by atoms with Crippen LogP contribution in [-0.4, -0.2) is 81.5 Å². The van der Waals surface area contributed by atoms with E-state index >= 15 is 0 Å². The SMILES string of the molecule is CC.Cc1nnc2ccc(N3CCC(CN4CCN(C(C)C)CC4)CC3)nn12. The minimum atomic E-state index is 0.680. The first-order chi connectivity index (χ1) is 13.6. The minimum Gasteiger partial charge on any atom is -0.355 e. The maximum Gasteiger partial charge on any atom is 0.178 e. The van der Waals surface area contributed by atoms with Crippen LogP contribution in [-0.2, 0) is 0 Å². The molecule has 7 heteroatoms. The molecule has 4 rings (SSSR count). The summed E-state index contributed by atoms with van der Waals surface area (Å²) in [6.07, 6.45) is 2.51. The Morgan fingerprint density at radius 3 is 2.29 bits per heavy atom. The molecule has 7 nitrogen and oxygen atoms in total. The van der Waals surface area contributed by atoms with Crippen LogP contribution >= 0.6 is 0 Å². The van der Waals surface area contributed by atoms with E-state index in [0.717, 1.165) is 36.3 Å². The molecule has 2 aliphatic rings. The molecule has 0 amide bonds. The normalized spacial score (nSPS) is 19.9. The molecule has 0 unspecified atom stereocenters. The number of piperazine rings is 1. The van der Waals surface area contributed by atoms with Gasteiger partial charge in [-0.05, 0) is 51.7 Å². The van der Waals surface area contributed by atoms with Gasteiger partial charge in [0.1, 0.15) is 5.82 Å². The third-order valence-corrected chi connectivity index (χ3v) is 6.00. The van der Waals surface area contributed by atoms with E-state index in [2.05, 4.69) is 44.8 Å². The zero-order valence-corrected chi connectivity index (χ0v) is 18.3. The predicted octanol–water partition coefficient (Wildman–Crippen LogP) is 2.70. The Morgan fingerprint density at radius 1 is 0.964 bits per heavy atom. The summed E-state index contributed by atoms with van der Waals surface area (Å²) in [5, 5.41) is 12.9. The first-order valence-corrected chi connectivity index (χ1v) is 11.0. The third-order valence-electron chi connectivity index (χ3n) is 6.00. The Hall–Kier alpha value is -1.73. The van der Waals surface area contributed by atoms with Crippen LogP contribution in [0.15, 0.2) is 12.1 Å². The molecule has 0 aliphatic carbocycles. The monoisotopic (exact) mass is 387 g/mol. The van der Waals surface area contributed by atoms with Crippen molar-refractivity contribution in [1.29, 1.82) is 0 Å². The molecule has 2 aromatic rings. The molecule has 2 fully saturated rings. The Morgan fingerprint density at radius 2 is 1.64 bits per heavy atom. The number of hydrogen-bond acceptors (Lipinski definition) is 6. The van der Waals surface area contributed by atoms with E-state index in [0.29, 0.717) is 6.04 Å². The molecule has 0 spiro atoms. The Bertz CT molecular complexity index is 725. The Labute approximate surface area is 169 Å². The summed E-state index contributed by atoms with van der Waals surface area (Å²) in [6.45, 7) is 18.9. The van der Waals surface area contributed by atoms with E-state index in [1.165, 1.54) is 45.6 Å². The van der Waals surface area contributed by atoms with E-state index in [1.807, 2.05) is 31.4 Å². The minimum absolute atomic E-state index is 0.680. The van der Waals surface area contributed by atoms with Gasteiger partial charge in [-0.2, -0.15) is 4.52 Å². The number of aryl methyl sites for hydroxylation is 1. The predicted molar refractivity (Wildman–Crippen MR) is 115 cm³/mol. The van der Waals surface area contributed by atoms with Gasteiger partial charge in [0, 0.05) is 51.9 Å². The fourth-order valence-corrected chi connectivity index (χ4v) is 4.23. The molecule has 0 aromatic carbocycles. The lowest BCUT2D eigenvalue weighted by molar-refractivity contribution is 0.0930. The van der Waals surface area contributed by atoms with Gasteiger partial charge in [0.25, 0.3) is 0 Å². The van der Waals surface area contributed by atoms with Crippen molar-refractivity contribution in [2.45, 2.75) is 53.5 Å². The molecule has 2 aliphatic heterocycles. The van der Waals surface area contributed by atoms with Crippen LogP contribution in [0.5, 0.6) is 0 Å². The number of nitrogens with zero attached hydrogens (tertiary/aromatic N) is 7. The van der Waals surface area contributed by atoms with Crippen molar-refractivity contribution in [2.24, 2.45) is 5.92 Å². The molecular formula is C21H37N7. The summed E-state index contributed by atoms with van der Waals surface area (Å²) in [7, 11) is 0. The molecule has 4 heterocycles. The first-order valence-electron chi connectivity index (χ1n) is 11.0. The molecule has 0 N–H and O–H groups in total. The highest BCUT2D eigenvalue weighted by Crippen LogP contribution is 2.23. The van der Waals surface area contributed by atoms with E-state index < -0.39 is 0 Å². The van der Waals surface area contributed by atoms with Gasteiger partial charge in [0.05, 0.1) is 0 Å². The smallest absolute Gasteiger partial charge is 0.178 e. The zero-order valence-electron chi connectivity index (χ0n) is 18.3. The highest BCUT2D eigenvalue weighted by molar-refractivity contribution is 5.45. The number of fused-ring (bicyclic) bond motifs is 1. The summed E-state index contributed by atoms with van der Waals surface area (Å²) in [4.78, 5) is 7.67. The molecule has 0 saturated carbocycles. The van der Waals surface area contributed by atoms with Crippen LogP contribution in [0.4, 0.5) is 5.82 Å². The summed E-state index contributed by atoms with van der Waals surface area (Å²) in [6, 6.07) is 4.77. The second-order valence-corrected chi connectivity index (χ2v) is 8.07. The van der Waals surface area contributed by atoms with Crippen LogP contribution in [0.25, 0.3) is 5.65 Å². The highest BCUT2D eigenvalue weighted by Gasteiger charge is 2.25. The number of anilines is 1. The summed E-state index contributed by atoms with van der Waals surface area (Å²) < 4.78 is 1.84. The van der Waals surface area contributed by atoms with Crippen molar-refractivity contribution in [2.75, 3.05) is 50.7 Å². The van der Waals surface area contributed by atoms with E-state index in [9.17, 15) is 0 Å². The molecule has 0 atom stereocenters. The second kappa shape index (κ2) is 9.65. The zero-order chi connectivity index (χ0) is 20.1. The summed E-state index contributed by atoms with van der Waals surface area (Å²) in [5.74, 6) is 2.71. The number of piperidine rings is 1. The van der Waals surface area contributed by atoms with Crippen LogP contribution < -0.4 is 4.90 Å². The maximum absolute atomic E-state index is 4.73. The Kier molecular flexibility index (Phi) is 7.24. The lowest BCUT2D eigenvalue weighted by Crippen LogP contribution is -2.50. The van der Waals surface area contributed by atoms with Crippen LogP contribution in [0.1, 0.15) is 46.4 Å². The van der Waals surface area contributed by atoms with E-state index in [4.69, 9.17) is 5.10 Å². The van der Waals surface area contributed by atoms with Crippen molar-refractivity contribution in [3.8, 4) is 0 Å². The average molecular weight is 388 g/mol. The fourth-order valence-electron chi connectivity index (χ4n) is 4.23. The van der Waals surface area contributed by atoms with Gasteiger partial charge in [-0.15, -0.1) is 15.3 Å². The molecule has 156 valence electrons. The first kappa shape index (κ1) is 21.0. The Balaban J connectivity index is 0.00000109. The molecule has 0 radical (unpaired) electrons. The van der Waals surface area contributed by atoms with Crippen molar-refractivity contribution >= 4 is 11.5 Å². The van der Waals surface area contributed by atoms with E-state index in [1.54, 1.807) is 0 Å². The lowest BCUT2D eigenvalue weighted by Gasteiger charge is -2.40. The largest absolute Gasteiger partial charge is 0.355 e. The fraction of sp³-hybridized carbons (Fsp3) is 0.762. The van der Waals surface area contributed by atoms with Gasteiger partial charge in [-0.25, -0.2) is 0 Å². The van der Waals surface area contributed by atoms with Crippen molar-refractivity contribution in [1.82, 2.24) is 29.6 Å². The van der Waals surface area contributed by atoms with Gasteiger partial charge in [-0.1, -0.05) is 13.8 Å². The lowest BCUT2D eigenvalue weighted by atomic mass is 9.96. The van der Waals surface area contributed by atoms with E-state index in [-0.39, 0.29) is 0 Å². The van der Waals surface area contributed by atoms with Crippen LogP contribution in [0.3, 0.4) is 0 Å². The quantitative estimate of drug-likeness (QED) is 0.804. The van der Waals surface area contributed by atoms with Crippen molar-refractivity contribution < 1.29 is 0 Å². The second-order valence-electron chi connectivity index (χ2n) is 8.07. The summed E-state index contributed by atoms with van der Waals surface area (Å²) in [5.41, 5.74) is 0.821. The van der Waals surface area contributed by atoms with Gasteiger partial charge in [0.2, 0.25) is 0 Å². The summed E-state index contributed by atoms with van der Waals surface area (Å²) >= 11 is 0. The van der Waals surface area contributed by atoms with Crippen molar-refractivity contribution in [3.05, 3.63) is 18.0 Å². The molecular weight excluding hydrogens is 350 g/mol. The number of aromatic nitrogens is 4. The maximum atomic E-state index is 4.73. The molecule has 28 heavy (non-hydrogen) atoms. The third kappa shape index (κ3) is 4.81. The number of rotatable bonds is 4. The van der Waals surface area contributed by atoms with Gasteiger partial charge in [0.15, 0.2) is 11.5 Å². The van der Waals surface area contributed by atoms with Gasteiger partial charge >= 0.3 is 0 Å². The van der Waals surface area contributed by atoms with Crippen LogP contribution in [0, 0.1) is 12.8 Å².